The van der Waals surface area contributed by atoms with Gasteiger partial charge in [-0.05, 0) is 25.0 Å². The van der Waals surface area contributed by atoms with Gasteiger partial charge < -0.3 is 19.3 Å². The lowest BCUT2D eigenvalue weighted by Crippen LogP contribution is -2.32. The number of aromatic nitrogens is 1. The van der Waals surface area contributed by atoms with Crippen LogP contribution >= 0.6 is 0 Å². The zero-order chi connectivity index (χ0) is 14.9. The molecule has 2 aromatic rings. The maximum absolute atomic E-state index is 12.3. The summed E-state index contributed by atoms with van der Waals surface area (Å²) in [5, 5.41) is 6.79. The second-order valence-electron chi connectivity index (χ2n) is 5.47. The number of rotatable bonds is 3. The van der Waals surface area contributed by atoms with E-state index >= 15 is 0 Å². The monoisotopic (exact) mass is 300 g/mol. The predicted octanol–water partition coefficient (Wildman–Crippen LogP) is 2.14. The minimum atomic E-state index is -0.247. The number of fused-ring (bicyclic) bond motifs is 3. The molecule has 0 unspecified atom stereocenters. The van der Waals surface area contributed by atoms with E-state index in [0.717, 1.165) is 30.8 Å². The number of amides is 1. The molecular weight excluding hydrogens is 284 g/mol. The summed E-state index contributed by atoms with van der Waals surface area (Å²) in [6.07, 6.45) is 2.13. The fraction of sp³-hybridized carbons (Fsp3) is 0.375. The number of hydrogen-bond acceptors (Lipinski definition) is 5. The number of nitrogens with one attached hydrogen (secondary N) is 1. The van der Waals surface area contributed by atoms with Gasteiger partial charge in [0.25, 0.3) is 5.91 Å². The molecule has 1 saturated heterocycles. The second kappa shape index (κ2) is 5.46. The summed E-state index contributed by atoms with van der Waals surface area (Å²) in [6, 6.07) is 7.57. The highest BCUT2D eigenvalue weighted by Crippen LogP contribution is 2.38. The van der Waals surface area contributed by atoms with Crippen LogP contribution in [-0.2, 0) is 11.3 Å². The number of benzene rings is 1. The molecule has 2 aliphatic rings. The summed E-state index contributed by atoms with van der Waals surface area (Å²) in [7, 11) is 0. The molecule has 3 heterocycles. The van der Waals surface area contributed by atoms with Crippen molar-refractivity contribution >= 4 is 5.91 Å². The number of ether oxygens (including phenoxy) is 2. The molecule has 1 N–H and O–H groups in total. The van der Waals surface area contributed by atoms with Crippen LogP contribution in [0.1, 0.15) is 28.9 Å². The van der Waals surface area contributed by atoms with Crippen molar-refractivity contribution in [3.05, 3.63) is 35.5 Å². The first kappa shape index (κ1) is 13.3. The summed E-state index contributed by atoms with van der Waals surface area (Å²) in [5.74, 6) is 1.12. The first-order chi connectivity index (χ1) is 10.8. The number of carbonyl (C=O) groups is 1. The van der Waals surface area contributed by atoms with Crippen molar-refractivity contribution < 1.29 is 18.8 Å². The van der Waals surface area contributed by atoms with Crippen molar-refractivity contribution in [2.45, 2.75) is 25.6 Å². The van der Waals surface area contributed by atoms with Gasteiger partial charge in [-0.25, -0.2) is 0 Å². The smallest absolute Gasteiger partial charge is 0.274 e. The minimum Gasteiger partial charge on any atom is -0.488 e. The standard InChI is InChI=1S/C16H16N2O4/c19-16(17-8-10-4-3-7-20-10)14-12-9-21-13-6-2-1-5-11(13)15(12)22-18-14/h1-2,5-6,10H,3-4,7-9H2,(H,17,19)/t10-/m0/s1. The van der Waals surface area contributed by atoms with Gasteiger partial charge in [0.05, 0.1) is 17.2 Å². The van der Waals surface area contributed by atoms with Crippen molar-refractivity contribution in [3.8, 4) is 17.1 Å². The highest BCUT2D eigenvalue weighted by Gasteiger charge is 2.29. The Morgan fingerprint density at radius 2 is 2.27 bits per heavy atom. The van der Waals surface area contributed by atoms with Gasteiger partial charge in [-0.3, -0.25) is 4.79 Å². The molecular formula is C16H16N2O4. The van der Waals surface area contributed by atoms with Crippen LogP contribution in [0.15, 0.2) is 28.8 Å². The molecule has 0 aliphatic carbocycles. The predicted molar refractivity (Wildman–Crippen MR) is 77.6 cm³/mol. The minimum absolute atomic E-state index is 0.101. The third kappa shape index (κ3) is 2.25. The van der Waals surface area contributed by atoms with Gasteiger partial charge in [-0.2, -0.15) is 0 Å². The molecule has 1 fully saturated rings. The van der Waals surface area contributed by atoms with E-state index < -0.39 is 0 Å². The van der Waals surface area contributed by atoms with E-state index in [1.165, 1.54) is 0 Å². The van der Waals surface area contributed by atoms with Gasteiger partial charge in [0.15, 0.2) is 11.5 Å². The van der Waals surface area contributed by atoms with E-state index in [-0.39, 0.29) is 12.0 Å². The molecule has 6 nitrogen and oxygen atoms in total. The maximum Gasteiger partial charge on any atom is 0.274 e. The largest absolute Gasteiger partial charge is 0.488 e. The molecule has 1 aromatic carbocycles. The van der Waals surface area contributed by atoms with Crippen LogP contribution in [-0.4, -0.2) is 30.3 Å². The fourth-order valence-corrected chi connectivity index (χ4v) is 2.86. The van der Waals surface area contributed by atoms with Gasteiger partial charge in [0.2, 0.25) is 0 Å². The third-order valence-corrected chi connectivity index (χ3v) is 4.02. The Kier molecular flexibility index (Phi) is 3.31. The average molecular weight is 300 g/mol. The molecule has 4 rings (SSSR count). The number of hydrogen-bond donors (Lipinski definition) is 1. The summed E-state index contributed by atoms with van der Waals surface area (Å²) < 4.78 is 16.6. The fourth-order valence-electron chi connectivity index (χ4n) is 2.86. The highest BCUT2D eigenvalue weighted by atomic mass is 16.5. The first-order valence-electron chi connectivity index (χ1n) is 7.43. The van der Waals surface area contributed by atoms with E-state index in [2.05, 4.69) is 10.5 Å². The van der Waals surface area contributed by atoms with Crippen molar-refractivity contribution in [2.75, 3.05) is 13.2 Å². The Balaban J connectivity index is 1.55. The van der Waals surface area contributed by atoms with E-state index in [0.29, 0.717) is 30.2 Å². The van der Waals surface area contributed by atoms with E-state index in [9.17, 15) is 4.79 Å². The van der Waals surface area contributed by atoms with Crippen LogP contribution in [0.5, 0.6) is 5.75 Å². The van der Waals surface area contributed by atoms with E-state index in [4.69, 9.17) is 14.0 Å². The molecule has 1 amide bonds. The van der Waals surface area contributed by atoms with Gasteiger partial charge in [0, 0.05) is 13.2 Å². The summed E-state index contributed by atoms with van der Waals surface area (Å²) in [5.41, 5.74) is 1.82. The highest BCUT2D eigenvalue weighted by molar-refractivity contribution is 5.95. The molecule has 0 saturated carbocycles. The maximum atomic E-state index is 12.3. The summed E-state index contributed by atoms with van der Waals surface area (Å²) in [4.78, 5) is 12.3. The Morgan fingerprint density at radius 3 is 3.14 bits per heavy atom. The van der Waals surface area contributed by atoms with Gasteiger partial charge >= 0.3 is 0 Å². The summed E-state index contributed by atoms with van der Waals surface area (Å²) >= 11 is 0. The van der Waals surface area contributed by atoms with Crippen LogP contribution < -0.4 is 10.1 Å². The SMILES string of the molecule is O=C(NC[C@@H]1CCCO1)c1noc2c1COc1ccccc1-2. The molecule has 1 aromatic heterocycles. The quantitative estimate of drug-likeness (QED) is 0.940. The van der Waals surface area contributed by atoms with Crippen LogP contribution in [0.3, 0.4) is 0 Å². The Bertz CT molecular complexity index is 704. The average Bonchev–Trinajstić information content (AvgIpc) is 3.22. The summed E-state index contributed by atoms with van der Waals surface area (Å²) in [6.45, 7) is 1.56. The van der Waals surface area contributed by atoms with E-state index in [1.807, 2.05) is 24.3 Å². The van der Waals surface area contributed by atoms with Crippen LogP contribution in [0.2, 0.25) is 0 Å². The second-order valence-corrected chi connectivity index (χ2v) is 5.47. The number of carbonyl (C=O) groups excluding carboxylic acids is 1. The van der Waals surface area contributed by atoms with Crippen LogP contribution in [0.4, 0.5) is 0 Å². The van der Waals surface area contributed by atoms with Gasteiger partial charge in [-0.1, -0.05) is 17.3 Å². The lowest BCUT2D eigenvalue weighted by molar-refractivity contribution is 0.0849. The van der Waals surface area contributed by atoms with Crippen molar-refractivity contribution in [1.82, 2.24) is 10.5 Å². The topological polar surface area (TPSA) is 73.6 Å². The van der Waals surface area contributed by atoms with Crippen molar-refractivity contribution in [3.63, 3.8) is 0 Å². The molecule has 2 aliphatic heterocycles. The van der Waals surface area contributed by atoms with Gasteiger partial charge in [0.1, 0.15) is 12.4 Å². The van der Waals surface area contributed by atoms with Crippen LogP contribution in [0.25, 0.3) is 11.3 Å². The molecule has 22 heavy (non-hydrogen) atoms. The molecule has 0 spiro atoms. The zero-order valence-electron chi connectivity index (χ0n) is 12.0. The lowest BCUT2D eigenvalue weighted by Gasteiger charge is -2.16. The molecule has 1 atom stereocenters. The van der Waals surface area contributed by atoms with E-state index in [1.54, 1.807) is 0 Å². The van der Waals surface area contributed by atoms with Gasteiger partial charge in [-0.15, -0.1) is 0 Å². The Labute approximate surface area is 127 Å². The Hall–Kier alpha value is -2.34. The zero-order valence-corrected chi connectivity index (χ0v) is 12.0. The lowest BCUT2D eigenvalue weighted by atomic mass is 10.0. The molecule has 114 valence electrons. The van der Waals surface area contributed by atoms with Crippen molar-refractivity contribution in [1.29, 1.82) is 0 Å². The number of para-hydroxylation sites is 1. The first-order valence-corrected chi connectivity index (χ1v) is 7.43. The van der Waals surface area contributed by atoms with Crippen LogP contribution in [0, 0.1) is 0 Å². The molecule has 0 bridgehead atoms. The normalized spacial score (nSPS) is 19.2. The van der Waals surface area contributed by atoms with Crippen molar-refractivity contribution in [2.24, 2.45) is 0 Å². The Morgan fingerprint density at radius 1 is 1.36 bits per heavy atom. The third-order valence-electron chi connectivity index (χ3n) is 4.02. The molecule has 6 heteroatoms. The number of nitrogens with zero attached hydrogens (tertiary/aromatic N) is 1. The molecule has 0 radical (unpaired) electrons.